The molecule has 0 atom stereocenters. The van der Waals surface area contributed by atoms with Crippen LogP contribution in [0.15, 0.2) is 0 Å². The van der Waals surface area contributed by atoms with Gasteiger partial charge >= 0.3 is 0 Å². The molecule has 0 saturated carbocycles. The van der Waals surface area contributed by atoms with Gasteiger partial charge in [0, 0.05) is 53.7 Å². The third-order valence-electron chi connectivity index (χ3n) is 3.35. The lowest BCUT2D eigenvalue weighted by Gasteiger charge is -2.32. The Morgan fingerprint density at radius 3 is 2.43 bits per heavy atom. The van der Waals surface area contributed by atoms with E-state index < -0.39 is 0 Å². The number of rotatable bonds is 8. The molecule has 1 fully saturated rings. The molecule has 0 bridgehead atoms. The summed E-state index contributed by atoms with van der Waals surface area (Å²) in [5, 5.41) is 2.98. The zero-order valence-electron chi connectivity index (χ0n) is 14.7. The van der Waals surface area contributed by atoms with Gasteiger partial charge < -0.3 is 15.0 Å². The molecule has 0 radical (unpaired) electrons. The molecule has 0 aromatic rings. The smallest absolute Gasteiger partial charge is 0.220 e. The molecule has 5 nitrogen and oxygen atoms in total. The summed E-state index contributed by atoms with van der Waals surface area (Å²) >= 11 is 0. The van der Waals surface area contributed by atoms with E-state index in [0.29, 0.717) is 13.0 Å². The lowest BCUT2D eigenvalue weighted by molar-refractivity contribution is -0.121. The highest BCUT2D eigenvalue weighted by molar-refractivity contribution is 5.75. The van der Waals surface area contributed by atoms with Crippen LogP contribution in [0.2, 0.25) is 0 Å². The Morgan fingerprint density at radius 2 is 1.86 bits per heavy atom. The van der Waals surface area contributed by atoms with Crippen LogP contribution in [-0.2, 0) is 9.53 Å². The van der Waals surface area contributed by atoms with Crippen molar-refractivity contribution in [1.29, 1.82) is 0 Å². The van der Waals surface area contributed by atoms with Gasteiger partial charge in [0.15, 0.2) is 0 Å². The largest absolute Gasteiger partial charge is 0.379 e. The predicted octanol–water partition coefficient (Wildman–Crippen LogP) is 1.83. The van der Waals surface area contributed by atoms with Crippen molar-refractivity contribution in [2.45, 2.75) is 46.6 Å². The minimum atomic E-state index is 0. The van der Waals surface area contributed by atoms with E-state index >= 15 is 0 Å². The molecule has 5 heteroatoms. The number of piperazine rings is 1. The van der Waals surface area contributed by atoms with E-state index in [1.807, 2.05) is 27.7 Å². The van der Waals surface area contributed by atoms with E-state index in [0.717, 1.165) is 45.7 Å². The SMILES string of the molecule is CC.CC(C)OCCCC(=O)NCCN1CCN(C)CC1.[HH]. The standard InChI is InChI=1S/C14H29N3O2.C2H6.H2/c1-13(2)19-12-4-5-14(18)15-6-7-17-10-8-16(3)9-11-17;1-2;/h13H,4-12H2,1-3H3,(H,15,18);1-2H3;1H. The van der Waals surface area contributed by atoms with Crippen LogP contribution in [0.25, 0.3) is 0 Å². The Bertz CT molecular complexity index is 258. The molecule has 1 heterocycles. The van der Waals surface area contributed by atoms with Crippen molar-refractivity contribution in [3.8, 4) is 0 Å². The first-order valence-corrected chi connectivity index (χ1v) is 8.37. The van der Waals surface area contributed by atoms with Crippen molar-refractivity contribution in [2.75, 3.05) is 52.9 Å². The minimum Gasteiger partial charge on any atom is -0.379 e. The second-order valence-corrected chi connectivity index (χ2v) is 5.52. The van der Waals surface area contributed by atoms with Crippen molar-refractivity contribution in [2.24, 2.45) is 0 Å². The molecule has 1 aliphatic rings. The second-order valence-electron chi connectivity index (χ2n) is 5.52. The van der Waals surface area contributed by atoms with Crippen LogP contribution in [0.4, 0.5) is 0 Å². The minimum absolute atomic E-state index is 0. The third kappa shape index (κ3) is 11.7. The summed E-state index contributed by atoms with van der Waals surface area (Å²) in [4.78, 5) is 16.3. The lowest BCUT2D eigenvalue weighted by atomic mass is 10.3. The Labute approximate surface area is 132 Å². The highest BCUT2D eigenvalue weighted by Crippen LogP contribution is 1.98. The van der Waals surface area contributed by atoms with E-state index in [1.165, 1.54) is 0 Å². The van der Waals surface area contributed by atoms with Gasteiger partial charge in [0.25, 0.3) is 0 Å². The van der Waals surface area contributed by atoms with Crippen LogP contribution in [0, 0.1) is 0 Å². The fourth-order valence-electron chi connectivity index (χ4n) is 2.07. The molecule has 1 amide bonds. The Morgan fingerprint density at radius 1 is 1.24 bits per heavy atom. The van der Waals surface area contributed by atoms with Gasteiger partial charge in [0.2, 0.25) is 5.91 Å². The lowest BCUT2D eigenvalue weighted by Crippen LogP contribution is -2.46. The van der Waals surface area contributed by atoms with Crippen LogP contribution < -0.4 is 5.32 Å². The normalized spacial score (nSPS) is 16.5. The van der Waals surface area contributed by atoms with Crippen molar-refractivity contribution in [1.82, 2.24) is 15.1 Å². The molecular weight excluding hydrogens is 266 g/mol. The molecule has 21 heavy (non-hydrogen) atoms. The highest BCUT2D eigenvalue weighted by atomic mass is 16.5. The molecule has 1 N–H and O–H groups in total. The first-order valence-electron chi connectivity index (χ1n) is 8.37. The maximum Gasteiger partial charge on any atom is 0.220 e. The number of nitrogens with zero attached hydrogens (tertiary/aromatic N) is 2. The zero-order valence-corrected chi connectivity index (χ0v) is 14.7. The molecule has 0 aromatic carbocycles. The van der Waals surface area contributed by atoms with Gasteiger partial charge in [-0.05, 0) is 27.3 Å². The molecule has 1 rings (SSSR count). The molecule has 0 aliphatic carbocycles. The van der Waals surface area contributed by atoms with Crippen LogP contribution in [0.1, 0.15) is 42.0 Å². The third-order valence-corrected chi connectivity index (χ3v) is 3.35. The summed E-state index contributed by atoms with van der Waals surface area (Å²) in [6.45, 7) is 14.9. The van der Waals surface area contributed by atoms with Gasteiger partial charge in [-0.1, -0.05) is 13.8 Å². The summed E-state index contributed by atoms with van der Waals surface area (Å²) in [5.41, 5.74) is 0. The van der Waals surface area contributed by atoms with Crippen LogP contribution in [0.3, 0.4) is 0 Å². The van der Waals surface area contributed by atoms with Gasteiger partial charge in [-0.25, -0.2) is 0 Å². The van der Waals surface area contributed by atoms with Gasteiger partial charge in [-0.2, -0.15) is 0 Å². The number of carbonyl (C=O) groups excluding carboxylic acids is 1. The summed E-state index contributed by atoms with van der Waals surface area (Å²) in [5.74, 6) is 0.140. The Balaban J connectivity index is 0. The average molecular weight is 303 g/mol. The molecular formula is C16H37N3O2. The average Bonchev–Trinajstić information content (AvgIpc) is 2.48. The maximum atomic E-state index is 11.6. The van der Waals surface area contributed by atoms with Crippen molar-refractivity contribution in [3.05, 3.63) is 0 Å². The highest BCUT2D eigenvalue weighted by Gasteiger charge is 2.13. The van der Waals surface area contributed by atoms with E-state index in [9.17, 15) is 4.79 Å². The number of likely N-dealkylation sites (N-methyl/N-ethyl adjacent to an activating group) is 1. The fraction of sp³-hybridized carbons (Fsp3) is 0.938. The monoisotopic (exact) mass is 303 g/mol. The molecule has 1 saturated heterocycles. The number of amides is 1. The van der Waals surface area contributed by atoms with Crippen LogP contribution in [0.5, 0.6) is 0 Å². The topological polar surface area (TPSA) is 44.8 Å². The summed E-state index contributed by atoms with van der Waals surface area (Å²) in [6, 6.07) is 0. The van der Waals surface area contributed by atoms with Crippen LogP contribution in [-0.4, -0.2) is 74.7 Å². The molecule has 1 aliphatic heterocycles. The van der Waals surface area contributed by atoms with E-state index in [1.54, 1.807) is 0 Å². The predicted molar refractivity (Wildman–Crippen MR) is 90.7 cm³/mol. The Hall–Kier alpha value is -0.650. The van der Waals surface area contributed by atoms with Crippen LogP contribution >= 0.6 is 0 Å². The number of nitrogens with one attached hydrogen (secondary N) is 1. The first kappa shape index (κ1) is 20.3. The van der Waals surface area contributed by atoms with Crippen molar-refractivity contribution >= 4 is 5.91 Å². The number of hydrogen-bond donors (Lipinski definition) is 1. The van der Waals surface area contributed by atoms with Crippen molar-refractivity contribution < 1.29 is 11.0 Å². The molecule has 0 spiro atoms. The second kappa shape index (κ2) is 13.0. The first-order chi connectivity index (χ1) is 10.1. The van der Waals surface area contributed by atoms with Gasteiger partial charge in [0.05, 0.1) is 6.10 Å². The summed E-state index contributed by atoms with van der Waals surface area (Å²) < 4.78 is 5.41. The van der Waals surface area contributed by atoms with E-state index in [4.69, 9.17) is 4.74 Å². The number of ether oxygens (including phenoxy) is 1. The Kier molecular flexibility index (Phi) is 12.6. The zero-order chi connectivity index (χ0) is 16.1. The quantitative estimate of drug-likeness (QED) is 0.695. The molecule has 0 aromatic heterocycles. The summed E-state index contributed by atoms with van der Waals surface area (Å²) in [7, 11) is 2.15. The fourth-order valence-corrected chi connectivity index (χ4v) is 2.07. The van der Waals surface area contributed by atoms with Gasteiger partial charge in [0.1, 0.15) is 0 Å². The molecule has 128 valence electrons. The van der Waals surface area contributed by atoms with Gasteiger partial charge in [-0.3, -0.25) is 9.69 Å². The maximum absolute atomic E-state index is 11.6. The van der Waals surface area contributed by atoms with Crippen molar-refractivity contribution in [3.63, 3.8) is 0 Å². The number of hydrogen-bond acceptors (Lipinski definition) is 4. The molecule has 0 unspecified atom stereocenters. The van der Waals surface area contributed by atoms with E-state index in [-0.39, 0.29) is 13.4 Å². The number of carbonyl (C=O) groups is 1. The van der Waals surface area contributed by atoms with Gasteiger partial charge in [-0.15, -0.1) is 0 Å². The summed E-state index contributed by atoms with van der Waals surface area (Å²) in [6.07, 6.45) is 1.62. The van der Waals surface area contributed by atoms with E-state index in [2.05, 4.69) is 22.2 Å².